The third-order valence-electron chi connectivity index (χ3n) is 4.78. The fraction of sp³-hybridized carbons (Fsp3) is 0.333. The quantitative estimate of drug-likeness (QED) is 0.414. The third-order valence-corrected chi connectivity index (χ3v) is 6.17. The third kappa shape index (κ3) is 3.78. The first-order chi connectivity index (χ1) is 11.7. The maximum absolute atomic E-state index is 12.8. The summed E-state index contributed by atoms with van der Waals surface area (Å²) in [6, 6.07) is 17.1. The van der Waals surface area contributed by atoms with Gasteiger partial charge in [-0.1, -0.05) is 61.7 Å². The minimum absolute atomic E-state index is 0.0440. The molecule has 3 heteroatoms. The molecule has 0 unspecified atom stereocenters. The van der Waals surface area contributed by atoms with Crippen LogP contribution in [0.15, 0.2) is 59.5 Å². The maximum atomic E-state index is 12.8. The van der Waals surface area contributed by atoms with Gasteiger partial charge in [0.15, 0.2) is 5.78 Å². The molecular formula is C21H22O2S. The van der Waals surface area contributed by atoms with E-state index in [9.17, 15) is 9.59 Å². The summed E-state index contributed by atoms with van der Waals surface area (Å²) >= 11 is 1.65. The second kappa shape index (κ2) is 7.80. The van der Waals surface area contributed by atoms with Crippen LogP contribution < -0.4 is 0 Å². The van der Waals surface area contributed by atoms with Gasteiger partial charge in [-0.15, -0.1) is 11.8 Å². The molecule has 3 rings (SSSR count). The molecule has 0 heterocycles. The Hall–Kier alpha value is -1.87. The number of carbonyl (C=O) groups excluding carboxylic acids is 2. The average molecular weight is 338 g/mol. The van der Waals surface area contributed by atoms with E-state index in [4.69, 9.17) is 0 Å². The molecule has 0 N–H and O–H groups in total. The number of rotatable bonds is 6. The van der Waals surface area contributed by atoms with Crippen molar-refractivity contribution in [3.8, 4) is 0 Å². The number of hydrogen-bond donors (Lipinski definition) is 0. The summed E-state index contributed by atoms with van der Waals surface area (Å²) in [4.78, 5) is 25.4. The number of ketones is 1. The predicted octanol–water partition coefficient (Wildman–Crippen LogP) is 5.16. The Morgan fingerprint density at radius 3 is 2.33 bits per heavy atom. The van der Waals surface area contributed by atoms with Gasteiger partial charge in [0.1, 0.15) is 6.29 Å². The highest BCUT2D eigenvalue weighted by Gasteiger charge is 2.32. The molecule has 2 aromatic carbocycles. The zero-order valence-corrected chi connectivity index (χ0v) is 14.6. The first-order valence-electron chi connectivity index (χ1n) is 8.52. The van der Waals surface area contributed by atoms with Gasteiger partial charge in [0.25, 0.3) is 0 Å². The zero-order valence-electron chi connectivity index (χ0n) is 13.7. The van der Waals surface area contributed by atoms with E-state index >= 15 is 0 Å². The molecule has 24 heavy (non-hydrogen) atoms. The van der Waals surface area contributed by atoms with Gasteiger partial charge in [0.05, 0.1) is 0 Å². The van der Waals surface area contributed by atoms with Crippen molar-refractivity contribution in [3.05, 3.63) is 65.7 Å². The Morgan fingerprint density at radius 2 is 1.62 bits per heavy atom. The van der Waals surface area contributed by atoms with Crippen LogP contribution in [0, 0.1) is 5.41 Å². The molecule has 0 bridgehead atoms. The van der Waals surface area contributed by atoms with Crippen LogP contribution in [-0.4, -0.2) is 17.8 Å². The number of carbonyl (C=O) groups is 2. The Morgan fingerprint density at radius 1 is 0.958 bits per heavy atom. The van der Waals surface area contributed by atoms with Gasteiger partial charge in [-0.2, -0.15) is 0 Å². The molecule has 2 aromatic rings. The van der Waals surface area contributed by atoms with Crippen molar-refractivity contribution in [1.29, 1.82) is 0 Å². The van der Waals surface area contributed by atoms with Crippen LogP contribution in [0.25, 0.3) is 0 Å². The molecule has 0 atom stereocenters. The summed E-state index contributed by atoms with van der Waals surface area (Å²) < 4.78 is 0. The van der Waals surface area contributed by atoms with Crippen LogP contribution in [0.5, 0.6) is 0 Å². The minimum atomic E-state index is -0.216. The second-order valence-corrected chi connectivity index (χ2v) is 7.54. The lowest BCUT2D eigenvalue weighted by Crippen LogP contribution is -2.28. The van der Waals surface area contributed by atoms with Crippen LogP contribution in [0.2, 0.25) is 0 Å². The molecule has 0 radical (unpaired) electrons. The van der Waals surface area contributed by atoms with Crippen molar-refractivity contribution in [1.82, 2.24) is 0 Å². The first-order valence-corrected chi connectivity index (χ1v) is 9.51. The highest BCUT2D eigenvalue weighted by atomic mass is 32.2. The Kier molecular flexibility index (Phi) is 5.52. The first kappa shape index (κ1) is 17.0. The highest BCUT2D eigenvalue weighted by Crippen LogP contribution is 2.39. The molecule has 1 aliphatic rings. The van der Waals surface area contributed by atoms with E-state index in [2.05, 4.69) is 0 Å². The minimum Gasteiger partial charge on any atom is -0.303 e. The number of hydrogen-bond acceptors (Lipinski definition) is 3. The lowest BCUT2D eigenvalue weighted by Gasteiger charge is -2.31. The lowest BCUT2D eigenvalue weighted by atomic mass is 9.77. The predicted molar refractivity (Wildman–Crippen MR) is 98.6 cm³/mol. The monoisotopic (exact) mass is 338 g/mol. The standard InChI is InChI=1S/C21H22O2S/c22-15-21(13-7-2-8-14-21)16-24-19-12-6-5-11-18(19)20(23)17-9-3-1-4-10-17/h1,3-6,9-12,15H,2,7-8,13-14,16H2. The highest BCUT2D eigenvalue weighted by molar-refractivity contribution is 7.99. The molecule has 1 fully saturated rings. The van der Waals surface area contributed by atoms with E-state index < -0.39 is 0 Å². The van der Waals surface area contributed by atoms with Crippen molar-refractivity contribution in [3.63, 3.8) is 0 Å². The van der Waals surface area contributed by atoms with Crippen molar-refractivity contribution in [2.75, 3.05) is 5.75 Å². The molecule has 0 aliphatic heterocycles. The van der Waals surface area contributed by atoms with E-state index in [1.54, 1.807) is 11.8 Å². The Labute approximate surface area is 147 Å². The molecule has 0 amide bonds. The molecule has 1 saturated carbocycles. The van der Waals surface area contributed by atoms with Crippen LogP contribution >= 0.6 is 11.8 Å². The van der Waals surface area contributed by atoms with Crippen molar-refractivity contribution >= 4 is 23.8 Å². The van der Waals surface area contributed by atoms with E-state index in [0.29, 0.717) is 5.56 Å². The van der Waals surface area contributed by atoms with Crippen molar-refractivity contribution in [2.24, 2.45) is 5.41 Å². The van der Waals surface area contributed by atoms with E-state index in [0.717, 1.165) is 48.2 Å². The molecule has 124 valence electrons. The van der Waals surface area contributed by atoms with Gasteiger partial charge in [-0.25, -0.2) is 0 Å². The van der Waals surface area contributed by atoms with Crippen molar-refractivity contribution < 1.29 is 9.59 Å². The van der Waals surface area contributed by atoms with Crippen LogP contribution in [0.4, 0.5) is 0 Å². The van der Waals surface area contributed by atoms with Crippen LogP contribution in [0.3, 0.4) is 0 Å². The molecule has 1 aliphatic carbocycles. The summed E-state index contributed by atoms with van der Waals surface area (Å²) in [5.74, 6) is 0.803. The van der Waals surface area contributed by atoms with E-state index in [-0.39, 0.29) is 11.2 Å². The van der Waals surface area contributed by atoms with Crippen LogP contribution in [-0.2, 0) is 4.79 Å². The van der Waals surface area contributed by atoms with E-state index in [1.807, 2.05) is 54.6 Å². The lowest BCUT2D eigenvalue weighted by molar-refractivity contribution is -0.116. The molecule has 2 nitrogen and oxygen atoms in total. The van der Waals surface area contributed by atoms with Gasteiger partial charge in [0, 0.05) is 27.2 Å². The maximum Gasteiger partial charge on any atom is 0.194 e. The van der Waals surface area contributed by atoms with Gasteiger partial charge in [0.2, 0.25) is 0 Å². The molecular weight excluding hydrogens is 316 g/mol. The van der Waals surface area contributed by atoms with Crippen molar-refractivity contribution in [2.45, 2.75) is 37.0 Å². The Balaban J connectivity index is 1.79. The average Bonchev–Trinajstić information content (AvgIpc) is 2.67. The second-order valence-electron chi connectivity index (χ2n) is 6.52. The summed E-state index contributed by atoms with van der Waals surface area (Å²) in [6.07, 6.45) is 6.58. The number of benzene rings is 2. The number of thioether (sulfide) groups is 1. The topological polar surface area (TPSA) is 34.1 Å². The normalized spacial score (nSPS) is 16.5. The summed E-state index contributed by atoms with van der Waals surface area (Å²) in [6.45, 7) is 0. The summed E-state index contributed by atoms with van der Waals surface area (Å²) in [5.41, 5.74) is 1.21. The fourth-order valence-corrected chi connectivity index (χ4v) is 4.59. The Bertz CT molecular complexity index is 703. The molecule has 0 aromatic heterocycles. The SMILES string of the molecule is O=CC1(CSc2ccccc2C(=O)c2ccccc2)CCCCC1. The van der Waals surface area contributed by atoms with Gasteiger partial charge in [-0.05, 0) is 25.0 Å². The summed E-state index contributed by atoms with van der Waals surface area (Å²) in [5, 5.41) is 0. The van der Waals surface area contributed by atoms with Crippen LogP contribution in [0.1, 0.15) is 48.0 Å². The molecule has 0 spiro atoms. The molecule has 0 saturated heterocycles. The van der Waals surface area contributed by atoms with Gasteiger partial charge >= 0.3 is 0 Å². The fourth-order valence-electron chi connectivity index (χ4n) is 3.30. The van der Waals surface area contributed by atoms with Gasteiger partial charge < -0.3 is 4.79 Å². The smallest absolute Gasteiger partial charge is 0.194 e. The van der Waals surface area contributed by atoms with Gasteiger partial charge in [-0.3, -0.25) is 4.79 Å². The largest absolute Gasteiger partial charge is 0.303 e. The van der Waals surface area contributed by atoms with E-state index in [1.165, 1.54) is 6.42 Å². The zero-order chi connectivity index (χ0) is 16.8. The number of aldehydes is 1. The summed E-state index contributed by atoms with van der Waals surface area (Å²) in [7, 11) is 0.